The molecule has 0 spiro atoms. The SMILES string of the molecule is Cc1cc(OCCCC(=O)Nc2c(C)cccc2C(C)C)ccc1Cl. The van der Waals surface area contributed by atoms with E-state index in [1.807, 2.05) is 44.2 Å². The minimum atomic E-state index is 0.0205. The molecule has 2 aromatic rings. The zero-order valence-corrected chi connectivity index (χ0v) is 16.1. The maximum Gasteiger partial charge on any atom is 0.224 e. The van der Waals surface area contributed by atoms with Gasteiger partial charge in [0.25, 0.3) is 0 Å². The van der Waals surface area contributed by atoms with E-state index in [1.165, 1.54) is 5.56 Å². The predicted octanol–water partition coefficient (Wildman–Crippen LogP) is 5.88. The molecule has 2 rings (SSSR count). The summed E-state index contributed by atoms with van der Waals surface area (Å²) in [6.07, 6.45) is 1.09. The Morgan fingerprint density at radius 3 is 2.60 bits per heavy atom. The van der Waals surface area contributed by atoms with Crippen LogP contribution in [-0.2, 0) is 4.79 Å². The molecule has 25 heavy (non-hydrogen) atoms. The second-order valence-corrected chi connectivity index (χ2v) is 7.01. The number of para-hydroxylation sites is 1. The number of ether oxygens (including phenoxy) is 1. The molecule has 0 radical (unpaired) electrons. The highest BCUT2D eigenvalue weighted by Gasteiger charge is 2.12. The van der Waals surface area contributed by atoms with Crippen LogP contribution < -0.4 is 10.1 Å². The molecular formula is C21H26ClNO2. The van der Waals surface area contributed by atoms with E-state index in [0.29, 0.717) is 25.4 Å². The molecule has 0 aliphatic rings. The summed E-state index contributed by atoms with van der Waals surface area (Å²) in [5, 5.41) is 3.79. The van der Waals surface area contributed by atoms with Gasteiger partial charge in [-0.05, 0) is 61.1 Å². The van der Waals surface area contributed by atoms with Gasteiger partial charge in [0.15, 0.2) is 0 Å². The van der Waals surface area contributed by atoms with Crippen molar-refractivity contribution in [2.75, 3.05) is 11.9 Å². The number of hydrogen-bond donors (Lipinski definition) is 1. The van der Waals surface area contributed by atoms with Crippen LogP contribution in [0.3, 0.4) is 0 Å². The van der Waals surface area contributed by atoms with Crippen LogP contribution in [0.2, 0.25) is 5.02 Å². The molecule has 0 aliphatic carbocycles. The molecule has 0 atom stereocenters. The molecule has 0 bridgehead atoms. The van der Waals surface area contributed by atoms with Gasteiger partial charge in [0.1, 0.15) is 5.75 Å². The highest BCUT2D eigenvalue weighted by atomic mass is 35.5. The van der Waals surface area contributed by atoms with Crippen molar-refractivity contribution in [3.8, 4) is 5.75 Å². The zero-order chi connectivity index (χ0) is 18.4. The summed E-state index contributed by atoms with van der Waals surface area (Å²) < 4.78 is 5.69. The number of halogens is 1. The first-order valence-electron chi connectivity index (χ1n) is 8.66. The van der Waals surface area contributed by atoms with Crippen LogP contribution in [0.4, 0.5) is 5.69 Å². The van der Waals surface area contributed by atoms with Crippen molar-refractivity contribution in [2.45, 2.75) is 46.5 Å². The molecule has 1 N–H and O–H groups in total. The molecule has 2 aromatic carbocycles. The Kier molecular flexibility index (Phi) is 6.89. The molecule has 3 nitrogen and oxygen atoms in total. The average Bonchev–Trinajstić information content (AvgIpc) is 2.56. The van der Waals surface area contributed by atoms with E-state index in [1.54, 1.807) is 0 Å². The molecule has 0 saturated carbocycles. The van der Waals surface area contributed by atoms with Crippen molar-refractivity contribution in [3.05, 3.63) is 58.1 Å². The van der Waals surface area contributed by atoms with Crippen LogP contribution in [0.5, 0.6) is 5.75 Å². The number of rotatable bonds is 7. The molecule has 0 fully saturated rings. The molecule has 0 heterocycles. The first-order chi connectivity index (χ1) is 11.9. The second kappa shape index (κ2) is 8.91. The summed E-state index contributed by atoms with van der Waals surface area (Å²) >= 11 is 6.00. The number of carbonyl (C=O) groups is 1. The molecule has 0 unspecified atom stereocenters. The molecule has 0 aromatic heterocycles. The number of aryl methyl sites for hydroxylation is 2. The van der Waals surface area contributed by atoms with Gasteiger partial charge >= 0.3 is 0 Å². The van der Waals surface area contributed by atoms with E-state index in [0.717, 1.165) is 27.6 Å². The standard InChI is InChI=1S/C21H26ClNO2/c1-14(2)18-8-5-7-15(3)21(18)23-20(24)9-6-12-25-17-10-11-19(22)16(4)13-17/h5,7-8,10-11,13-14H,6,9,12H2,1-4H3,(H,23,24). The van der Waals surface area contributed by atoms with E-state index < -0.39 is 0 Å². The quantitative estimate of drug-likeness (QED) is 0.627. The lowest BCUT2D eigenvalue weighted by Crippen LogP contribution is -2.15. The topological polar surface area (TPSA) is 38.3 Å². The number of anilines is 1. The van der Waals surface area contributed by atoms with Crippen LogP contribution in [0.15, 0.2) is 36.4 Å². The molecule has 1 amide bonds. The molecule has 0 aliphatic heterocycles. The second-order valence-electron chi connectivity index (χ2n) is 6.61. The fourth-order valence-electron chi connectivity index (χ4n) is 2.67. The van der Waals surface area contributed by atoms with Crippen molar-refractivity contribution in [1.82, 2.24) is 0 Å². The summed E-state index contributed by atoms with van der Waals surface area (Å²) in [6, 6.07) is 11.7. The van der Waals surface area contributed by atoms with Gasteiger partial charge in [-0.25, -0.2) is 0 Å². The minimum absolute atomic E-state index is 0.0205. The van der Waals surface area contributed by atoms with Gasteiger partial charge in [-0.3, -0.25) is 4.79 Å². The average molecular weight is 360 g/mol. The minimum Gasteiger partial charge on any atom is -0.494 e. The smallest absolute Gasteiger partial charge is 0.224 e. The van der Waals surface area contributed by atoms with Gasteiger partial charge < -0.3 is 10.1 Å². The highest BCUT2D eigenvalue weighted by Crippen LogP contribution is 2.27. The van der Waals surface area contributed by atoms with Gasteiger partial charge in [-0.1, -0.05) is 43.6 Å². The van der Waals surface area contributed by atoms with Gasteiger partial charge in [0, 0.05) is 17.1 Å². The van der Waals surface area contributed by atoms with Crippen molar-refractivity contribution in [2.24, 2.45) is 0 Å². The molecule has 4 heteroatoms. The number of nitrogens with one attached hydrogen (secondary N) is 1. The van der Waals surface area contributed by atoms with Gasteiger partial charge in [0.2, 0.25) is 5.91 Å². The van der Waals surface area contributed by atoms with E-state index in [4.69, 9.17) is 16.3 Å². The van der Waals surface area contributed by atoms with Crippen molar-refractivity contribution in [3.63, 3.8) is 0 Å². The maximum atomic E-state index is 12.3. The Morgan fingerprint density at radius 1 is 1.16 bits per heavy atom. The van der Waals surface area contributed by atoms with Crippen LogP contribution in [-0.4, -0.2) is 12.5 Å². The number of amides is 1. The third-order valence-corrected chi connectivity index (χ3v) is 4.56. The van der Waals surface area contributed by atoms with Crippen LogP contribution in [0.25, 0.3) is 0 Å². The third-order valence-electron chi connectivity index (χ3n) is 4.14. The van der Waals surface area contributed by atoms with Crippen LogP contribution in [0.1, 0.15) is 49.3 Å². The van der Waals surface area contributed by atoms with Crippen LogP contribution in [0, 0.1) is 13.8 Å². The summed E-state index contributed by atoms with van der Waals surface area (Å²) in [4.78, 5) is 12.3. The van der Waals surface area contributed by atoms with Crippen molar-refractivity contribution in [1.29, 1.82) is 0 Å². The Bertz CT molecular complexity index is 741. The summed E-state index contributed by atoms with van der Waals surface area (Å²) in [6.45, 7) is 8.72. The fourth-order valence-corrected chi connectivity index (χ4v) is 2.79. The predicted molar refractivity (Wildman–Crippen MR) is 105 cm³/mol. The maximum absolute atomic E-state index is 12.3. The van der Waals surface area contributed by atoms with E-state index in [9.17, 15) is 4.79 Å². The normalized spacial score (nSPS) is 10.8. The van der Waals surface area contributed by atoms with Gasteiger partial charge in [-0.2, -0.15) is 0 Å². The summed E-state index contributed by atoms with van der Waals surface area (Å²) in [5.74, 6) is 1.17. The lowest BCUT2D eigenvalue weighted by atomic mass is 9.98. The Hall–Kier alpha value is -2.00. The van der Waals surface area contributed by atoms with Gasteiger partial charge in [0.05, 0.1) is 6.61 Å². The van der Waals surface area contributed by atoms with Crippen molar-refractivity contribution >= 4 is 23.2 Å². The number of hydrogen-bond acceptors (Lipinski definition) is 2. The first-order valence-corrected chi connectivity index (χ1v) is 9.04. The van der Waals surface area contributed by atoms with Crippen molar-refractivity contribution < 1.29 is 9.53 Å². The third kappa shape index (κ3) is 5.50. The van der Waals surface area contributed by atoms with Crippen LogP contribution >= 0.6 is 11.6 Å². The summed E-state index contributed by atoms with van der Waals surface area (Å²) in [5.41, 5.74) is 4.18. The van der Waals surface area contributed by atoms with E-state index in [-0.39, 0.29) is 5.91 Å². The summed E-state index contributed by atoms with van der Waals surface area (Å²) in [7, 11) is 0. The van der Waals surface area contributed by atoms with Gasteiger partial charge in [-0.15, -0.1) is 0 Å². The highest BCUT2D eigenvalue weighted by molar-refractivity contribution is 6.31. The first kappa shape index (κ1) is 19.3. The molecule has 134 valence electrons. The van der Waals surface area contributed by atoms with E-state index in [2.05, 4.69) is 25.2 Å². The lowest BCUT2D eigenvalue weighted by molar-refractivity contribution is -0.116. The number of carbonyl (C=O) groups excluding carboxylic acids is 1. The Morgan fingerprint density at radius 2 is 1.92 bits per heavy atom. The molecule has 0 saturated heterocycles. The zero-order valence-electron chi connectivity index (χ0n) is 15.4. The number of benzene rings is 2. The molecular weight excluding hydrogens is 334 g/mol. The largest absolute Gasteiger partial charge is 0.494 e. The lowest BCUT2D eigenvalue weighted by Gasteiger charge is -2.16. The monoisotopic (exact) mass is 359 g/mol. The fraction of sp³-hybridized carbons (Fsp3) is 0.381. The Balaban J connectivity index is 1.84. The van der Waals surface area contributed by atoms with E-state index >= 15 is 0 Å². The Labute approximate surface area is 155 Å².